The molecule has 1 fully saturated rings. The highest BCUT2D eigenvalue weighted by Crippen LogP contribution is 2.21. The molecule has 1 saturated heterocycles. The Morgan fingerprint density at radius 1 is 1.71 bits per heavy atom. The number of nitrogens with one attached hydrogen (secondary N) is 1. The molecule has 0 aliphatic carbocycles. The molecule has 0 radical (unpaired) electrons. The summed E-state index contributed by atoms with van der Waals surface area (Å²) in [7, 11) is 0. The highest BCUT2D eigenvalue weighted by Gasteiger charge is 2.28. The van der Waals surface area contributed by atoms with E-state index in [0.717, 1.165) is 19.4 Å². The summed E-state index contributed by atoms with van der Waals surface area (Å²) < 4.78 is 0. The van der Waals surface area contributed by atoms with E-state index < -0.39 is 5.97 Å². The predicted octanol–water partition coefficient (Wildman–Crippen LogP) is 1.35. The molecule has 0 saturated carbocycles. The van der Waals surface area contributed by atoms with Crippen molar-refractivity contribution in [1.29, 1.82) is 0 Å². The Morgan fingerprint density at radius 2 is 2.57 bits per heavy atom. The Labute approximate surface area is 86.8 Å². The average molecular weight is 211 g/mol. The van der Waals surface area contributed by atoms with Crippen LogP contribution in [0, 0.1) is 5.92 Å². The molecule has 2 unspecified atom stereocenters. The van der Waals surface area contributed by atoms with Gasteiger partial charge in [0.15, 0.2) is 0 Å². The Morgan fingerprint density at radius 3 is 3.14 bits per heavy atom. The van der Waals surface area contributed by atoms with Crippen LogP contribution >= 0.6 is 11.3 Å². The first-order valence-electron chi connectivity index (χ1n) is 4.74. The van der Waals surface area contributed by atoms with E-state index in [-0.39, 0.29) is 6.04 Å². The van der Waals surface area contributed by atoms with Crippen LogP contribution in [0.15, 0.2) is 17.5 Å². The second-order valence-electron chi connectivity index (χ2n) is 3.68. The van der Waals surface area contributed by atoms with Gasteiger partial charge in [0.2, 0.25) is 0 Å². The first kappa shape index (κ1) is 9.68. The van der Waals surface area contributed by atoms with Crippen molar-refractivity contribution in [3.05, 3.63) is 22.4 Å². The van der Waals surface area contributed by atoms with Crippen molar-refractivity contribution >= 4 is 17.3 Å². The number of hydrogen-bond acceptors (Lipinski definition) is 3. The monoisotopic (exact) mass is 211 g/mol. The molecule has 2 atom stereocenters. The largest absolute Gasteiger partial charge is 0.480 e. The number of hydrogen-bond donors (Lipinski definition) is 2. The van der Waals surface area contributed by atoms with E-state index in [0.29, 0.717) is 5.92 Å². The SMILES string of the molecule is O=C(O)C1CC(Cc2cccs2)CN1. The van der Waals surface area contributed by atoms with Gasteiger partial charge in [-0.05, 0) is 36.8 Å². The summed E-state index contributed by atoms with van der Waals surface area (Å²) in [4.78, 5) is 12.0. The van der Waals surface area contributed by atoms with Crippen molar-refractivity contribution in [3.8, 4) is 0 Å². The quantitative estimate of drug-likeness (QED) is 0.793. The fourth-order valence-corrected chi connectivity index (χ4v) is 2.69. The molecule has 0 spiro atoms. The topological polar surface area (TPSA) is 49.3 Å². The maximum Gasteiger partial charge on any atom is 0.320 e. The minimum Gasteiger partial charge on any atom is -0.480 e. The summed E-state index contributed by atoms with van der Waals surface area (Å²) in [5, 5.41) is 13.9. The third kappa shape index (κ3) is 2.13. The fourth-order valence-electron chi connectivity index (χ4n) is 1.87. The molecule has 3 nitrogen and oxygen atoms in total. The summed E-state index contributed by atoms with van der Waals surface area (Å²) in [6.45, 7) is 0.828. The second-order valence-corrected chi connectivity index (χ2v) is 4.72. The van der Waals surface area contributed by atoms with Crippen LogP contribution in [0.3, 0.4) is 0 Å². The lowest BCUT2D eigenvalue weighted by atomic mass is 10.0. The minimum absolute atomic E-state index is 0.333. The van der Waals surface area contributed by atoms with E-state index >= 15 is 0 Å². The van der Waals surface area contributed by atoms with Crippen molar-refractivity contribution in [1.82, 2.24) is 5.32 Å². The number of carbonyl (C=O) groups is 1. The van der Waals surface area contributed by atoms with Gasteiger partial charge in [0.25, 0.3) is 0 Å². The van der Waals surface area contributed by atoms with E-state index in [1.807, 2.05) is 6.07 Å². The third-order valence-electron chi connectivity index (χ3n) is 2.59. The summed E-state index contributed by atoms with van der Waals surface area (Å²) in [6.07, 6.45) is 1.77. The summed E-state index contributed by atoms with van der Waals surface area (Å²) >= 11 is 1.74. The molecular weight excluding hydrogens is 198 g/mol. The predicted molar refractivity (Wildman–Crippen MR) is 55.6 cm³/mol. The normalized spacial score (nSPS) is 26.6. The second kappa shape index (κ2) is 4.11. The maximum absolute atomic E-state index is 10.7. The summed E-state index contributed by atoms with van der Waals surface area (Å²) in [5.74, 6) is -0.242. The zero-order chi connectivity index (χ0) is 9.97. The Hall–Kier alpha value is -0.870. The highest BCUT2D eigenvalue weighted by molar-refractivity contribution is 7.09. The molecule has 76 valence electrons. The van der Waals surface area contributed by atoms with E-state index in [9.17, 15) is 4.79 Å². The van der Waals surface area contributed by atoms with Crippen LogP contribution < -0.4 is 5.32 Å². The van der Waals surface area contributed by atoms with E-state index in [1.165, 1.54) is 4.88 Å². The molecule has 1 aromatic heterocycles. The molecule has 2 N–H and O–H groups in total. The van der Waals surface area contributed by atoms with Gasteiger partial charge in [-0.15, -0.1) is 11.3 Å². The van der Waals surface area contributed by atoms with E-state index in [1.54, 1.807) is 11.3 Å². The number of aliphatic carboxylic acids is 1. The summed E-state index contributed by atoms with van der Waals surface area (Å²) in [6, 6.07) is 3.82. The van der Waals surface area contributed by atoms with Gasteiger partial charge in [-0.2, -0.15) is 0 Å². The van der Waals surface area contributed by atoms with Gasteiger partial charge in [-0.1, -0.05) is 6.07 Å². The van der Waals surface area contributed by atoms with Gasteiger partial charge < -0.3 is 10.4 Å². The molecule has 0 amide bonds. The van der Waals surface area contributed by atoms with Gasteiger partial charge in [0.05, 0.1) is 0 Å². The number of thiophene rings is 1. The van der Waals surface area contributed by atoms with Crippen LogP contribution in [-0.2, 0) is 11.2 Å². The van der Waals surface area contributed by atoms with Crippen LogP contribution in [0.4, 0.5) is 0 Å². The highest BCUT2D eigenvalue weighted by atomic mass is 32.1. The number of rotatable bonds is 3. The van der Waals surface area contributed by atoms with Crippen LogP contribution in [0.25, 0.3) is 0 Å². The first-order chi connectivity index (χ1) is 6.75. The van der Waals surface area contributed by atoms with E-state index in [2.05, 4.69) is 16.8 Å². The number of carboxylic acid groups (broad SMARTS) is 1. The molecule has 1 aliphatic heterocycles. The summed E-state index contributed by atoms with van der Waals surface area (Å²) in [5.41, 5.74) is 0. The molecule has 14 heavy (non-hydrogen) atoms. The van der Waals surface area contributed by atoms with E-state index in [4.69, 9.17) is 5.11 Å². The third-order valence-corrected chi connectivity index (χ3v) is 3.49. The van der Waals surface area contributed by atoms with Gasteiger partial charge in [0, 0.05) is 4.88 Å². The Bertz CT molecular complexity index is 310. The van der Waals surface area contributed by atoms with Crippen molar-refractivity contribution in [2.24, 2.45) is 5.92 Å². The zero-order valence-corrected chi connectivity index (χ0v) is 8.59. The van der Waals surface area contributed by atoms with Gasteiger partial charge in [-0.3, -0.25) is 4.79 Å². The molecule has 1 aliphatic rings. The van der Waals surface area contributed by atoms with Crippen LogP contribution in [0.1, 0.15) is 11.3 Å². The molecule has 2 heterocycles. The van der Waals surface area contributed by atoms with Crippen molar-refractivity contribution in [2.45, 2.75) is 18.9 Å². The van der Waals surface area contributed by atoms with Gasteiger partial charge >= 0.3 is 5.97 Å². The lowest BCUT2D eigenvalue weighted by Crippen LogP contribution is -2.29. The van der Waals surface area contributed by atoms with Gasteiger partial charge in [0.1, 0.15) is 6.04 Å². The minimum atomic E-state index is -0.723. The number of carboxylic acids is 1. The Kier molecular flexibility index (Phi) is 2.84. The van der Waals surface area contributed by atoms with Gasteiger partial charge in [-0.25, -0.2) is 0 Å². The fraction of sp³-hybridized carbons (Fsp3) is 0.500. The molecule has 4 heteroatoms. The Balaban J connectivity index is 1.87. The molecule has 0 bridgehead atoms. The average Bonchev–Trinajstić information content (AvgIpc) is 2.75. The molecular formula is C10H13NO2S. The van der Waals surface area contributed by atoms with Crippen LogP contribution in [0.2, 0.25) is 0 Å². The van der Waals surface area contributed by atoms with Crippen LogP contribution in [-0.4, -0.2) is 23.7 Å². The lowest BCUT2D eigenvalue weighted by molar-refractivity contribution is -0.139. The molecule has 1 aromatic rings. The van der Waals surface area contributed by atoms with Crippen LogP contribution in [0.5, 0.6) is 0 Å². The zero-order valence-electron chi connectivity index (χ0n) is 7.77. The standard InChI is InChI=1S/C10H13NO2S/c12-10(13)9-5-7(6-11-9)4-8-2-1-3-14-8/h1-3,7,9,11H,4-6H2,(H,12,13). The van der Waals surface area contributed by atoms with Crippen molar-refractivity contribution < 1.29 is 9.90 Å². The lowest BCUT2D eigenvalue weighted by Gasteiger charge is -2.05. The maximum atomic E-state index is 10.7. The van der Waals surface area contributed by atoms with Crippen molar-refractivity contribution in [3.63, 3.8) is 0 Å². The van der Waals surface area contributed by atoms with Crippen molar-refractivity contribution in [2.75, 3.05) is 6.54 Å². The molecule has 2 rings (SSSR count). The first-order valence-corrected chi connectivity index (χ1v) is 5.62. The molecule has 0 aromatic carbocycles. The smallest absolute Gasteiger partial charge is 0.320 e.